The van der Waals surface area contributed by atoms with Gasteiger partial charge in [-0.3, -0.25) is 0 Å². The molecule has 0 aliphatic heterocycles. The first kappa shape index (κ1) is 21.3. The van der Waals surface area contributed by atoms with Crippen LogP contribution in [0.3, 0.4) is 0 Å². The SMILES string of the molecule is C=C(COC(C(=C)C(=O)O)(C(C)OCC)C(C)OCC)C(=O)O. The molecule has 7 nitrogen and oxygen atoms in total. The second kappa shape index (κ2) is 9.44. The van der Waals surface area contributed by atoms with E-state index in [1.165, 1.54) is 0 Å². The topological polar surface area (TPSA) is 102 Å². The van der Waals surface area contributed by atoms with Crippen molar-refractivity contribution in [2.45, 2.75) is 45.5 Å². The van der Waals surface area contributed by atoms with Crippen LogP contribution in [0.4, 0.5) is 0 Å². The second-order valence-corrected chi connectivity index (χ2v) is 4.97. The van der Waals surface area contributed by atoms with Crippen molar-refractivity contribution in [1.29, 1.82) is 0 Å². The molecule has 0 amide bonds. The predicted molar refractivity (Wildman–Crippen MR) is 84.4 cm³/mol. The van der Waals surface area contributed by atoms with Crippen LogP contribution in [-0.2, 0) is 23.8 Å². The molecule has 0 aromatic rings. The number of hydrogen-bond acceptors (Lipinski definition) is 5. The van der Waals surface area contributed by atoms with Gasteiger partial charge in [0.15, 0.2) is 5.60 Å². The van der Waals surface area contributed by atoms with Crippen LogP contribution in [0.5, 0.6) is 0 Å². The van der Waals surface area contributed by atoms with Crippen molar-refractivity contribution in [3.63, 3.8) is 0 Å². The lowest BCUT2D eigenvalue weighted by atomic mass is 9.83. The molecule has 2 N–H and O–H groups in total. The zero-order chi connectivity index (χ0) is 18.2. The van der Waals surface area contributed by atoms with Gasteiger partial charge in [-0.05, 0) is 27.7 Å². The molecule has 0 saturated heterocycles. The molecule has 0 fully saturated rings. The molecule has 0 bridgehead atoms. The first-order valence-electron chi connectivity index (χ1n) is 7.35. The fourth-order valence-corrected chi connectivity index (χ4v) is 2.33. The first-order valence-corrected chi connectivity index (χ1v) is 7.35. The number of rotatable bonds is 12. The normalized spacial score (nSPS) is 16.2. The molecule has 0 heterocycles. The van der Waals surface area contributed by atoms with E-state index in [4.69, 9.17) is 19.3 Å². The Labute approximate surface area is 136 Å². The van der Waals surface area contributed by atoms with Gasteiger partial charge in [-0.25, -0.2) is 9.59 Å². The average molecular weight is 330 g/mol. The molecule has 0 rings (SSSR count). The van der Waals surface area contributed by atoms with Gasteiger partial charge in [-0.2, -0.15) is 0 Å². The smallest absolute Gasteiger partial charge is 0.334 e. The van der Waals surface area contributed by atoms with Crippen molar-refractivity contribution in [2.75, 3.05) is 19.8 Å². The molecule has 0 saturated carbocycles. The maximum Gasteiger partial charge on any atom is 0.334 e. The summed E-state index contributed by atoms with van der Waals surface area (Å²) in [6.07, 6.45) is -1.45. The van der Waals surface area contributed by atoms with E-state index in [-0.39, 0.29) is 17.8 Å². The van der Waals surface area contributed by atoms with Crippen LogP contribution in [0, 0.1) is 0 Å². The van der Waals surface area contributed by atoms with Gasteiger partial charge in [-0.1, -0.05) is 13.2 Å². The highest BCUT2D eigenvalue weighted by Gasteiger charge is 2.49. The molecule has 132 valence electrons. The van der Waals surface area contributed by atoms with E-state index >= 15 is 0 Å². The van der Waals surface area contributed by atoms with E-state index in [9.17, 15) is 14.7 Å². The molecule has 23 heavy (non-hydrogen) atoms. The lowest BCUT2D eigenvalue weighted by Gasteiger charge is -2.42. The molecule has 0 aromatic carbocycles. The summed E-state index contributed by atoms with van der Waals surface area (Å²) in [4.78, 5) is 22.4. The van der Waals surface area contributed by atoms with Crippen LogP contribution in [0.2, 0.25) is 0 Å². The number of carboxylic acids is 2. The Kier molecular flexibility index (Phi) is 8.74. The van der Waals surface area contributed by atoms with Crippen LogP contribution >= 0.6 is 0 Å². The summed E-state index contributed by atoms with van der Waals surface area (Å²) in [6.45, 7) is 14.0. The Morgan fingerprint density at radius 3 is 1.74 bits per heavy atom. The van der Waals surface area contributed by atoms with Gasteiger partial charge in [0, 0.05) is 13.2 Å². The van der Waals surface area contributed by atoms with E-state index in [1.54, 1.807) is 27.7 Å². The molecule has 0 aliphatic rings. The standard InChI is InChI=1S/C16H26O7/c1-7-21-12(5)16(11(4)15(19)20,13(6)22-8-2)23-9-10(3)14(17)18/h12-13H,3-4,7-9H2,1-2,5-6H3,(H,17,18)(H,19,20). The number of carbonyl (C=O) groups is 2. The van der Waals surface area contributed by atoms with Crippen molar-refractivity contribution in [2.24, 2.45) is 0 Å². The van der Waals surface area contributed by atoms with E-state index in [0.29, 0.717) is 13.2 Å². The van der Waals surface area contributed by atoms with Gasteiger partial charge in [-0.15, -0.1) is 0 Å². The molecule has 2 unspecified atom stereocenters. The van der Waals surface area contributed by atoms with Crippen LogP contribution in [-0.4, -0.2) is 59.8 Å². The lowest BCUT2D eigenvalue weighted by Crippen LogP contribution is -2.57. The molecule has 0 radical (unpaired) electrons. The summed E-state index contributed by atoms with van der Waals surface area (Å²) in [6, 6.07) is 0. The van der Waals surface area contributed by atoms with E-state index < -0.39 is 29.7 Å². The molecular formula is C16H26O7. The monoisotopic (exact) mass is 330 g/mol. The number of ether oxygens (including phenoxy) is 3. The van der Waals surface area contributed by atoms with Crippen molar-refractivity contribution in [1.82, 2.24) is 0 Å². The Balaban J connectivity index is 5.81. The zero-order valence-corrected chi connectivity index (χ0v) is 14.1. The number of aliphatic carboxylic acids is 2. The lowest BCUT2D eigenvalue weighted by molar-refractivity contribution is -0.181. The van der Waals surface area contributed by atoms with Crippen LogP contribution < -0.4 is 0 Å². The van der Waals surface area contributed by atoms with Gasteiger partial charge >= 0.3 is 11.9 Å². The minimum atomic E-state index is -1.55. The third kappa shape index (κ3) is 5.16. The zero-order valence-electron chi connectivity index (χ0n) is 14.1. The van der Waals surface area contributed by atoms with Gasteiger partial charge in [0.1, 0.15) is 0 Å². The van der Waals surface area contributed by atoms with Crippen LogP contribution in [0.25, 0.3) is 0 Å². The molecule has 0 aromatic heterocycles. The maximum atomic E-state index is 11.5. The Morgan fingerprint density at radius 1 is 1.00 bits per heavy atom. The largest absolute Gasteiger partial charge is 0.478 e. The van der Waals surface area contributed by atoms with Crippen molar-refractivity contribution in [3.8, 4) is 0 Å². The van der Waals surface area contributed by atoms with E-state index in [1.807, 2.05) is 0 Å². The summed E-state index contributed by atoms with van der Waals surface area (Å²) in [5, 5.41) is 18.3. The fraction of sp³-hybridized carbons (Fsp3) is 0.625. The summed E-state index contributed by atoms with van der Waals surface area (Å²) in [7, 11) is 0. The van der Waals surface area contributed by atoms with Crippen LogP contribution in [0.1, 0.15) is 27.7 Å². The van der Waals surface area contributed by atoms with Crippen molar-refractivity contribution in [3.05, 3.63) is 24.3 Å². The van der Waals surface area contributed by atoms with Gasteiger partial charge < -0.3 is 24.4 Å². The predicted octanol–water partition coefficient (Wildman–Crippen LogP) is 1.87. The highest BCUT2D eigenvalue weighted by Crippen LogP contribution is 2.33. The fourth-order valence-electron chi connectivity index (χ4n) is 2.33. The third-order valence-corrected chi connectivity index (χ3v) is 3.56. The third-order valence-electron chi connectivity index (χ3n) is 3.56. The summed E-state index contributed by atoms with van der Waals surface area (Å²) in [5.74, 6) is -2.50. The molecule has 0 spiro atoms. The molecule has 2 atom stereocenters. The van der Waals surface area contributed by atoms with E-state index in [0.717, 1.165) is 0 Å². The second-order valence-electron chi connectivity index (χ2n) is 4.97. The number of carboxylic acid groups (broad SMARTS) is 2. The number of hydrogen-bond donors (Lipinski definition) is 2. The Bertz CT molecular complexity index is 443. The summed E-state index contributed by atoms with van der Waals surface area (Å²) >= 11 is 0. The maximum absolute atomic E-state index is 11.5. The molecule has 0 aliphatic carbocycles. The minimum absolute atomic E-state index is 0.208. The quantitative estimate of drug-likeness (QED) is 0.527. The minimum Gasteiger partial charge on any atom is -0.478 e. The van der Waals surface area contributed by atoms with Gasteiger partial charge in [0.2, 0.25) is 0 Å². The highest BCUT2D eigenvalue weighted by molar-refractivity contribution is 5.89. The Morgan fingerprint density at radius 2 is 1.43 bits per heavy atom. The summed E-state index contributed by atoms with van der Waals surface area (Å²) in [5.41, 5.74) is -2.02. The highest BCUT2D eigenvalue weighted by atomic mass is 16.6. The van der Waals surface area contributed by atoms with Crippen molar-refractivity contribution < 1.29 is 34.0 Å². The first-order chi connectivity index (χ1) is 10.6. The van der Waals surface area contributed by atoms with Gasteiger partial charge in [0.05, 0.1) is 30.0 Å². The Hall–Kier alpha value is -1.70. The molecular weight excluding hydrogens is 304 g/mol. The van der Waals surface area contributed by atoms with Crippen molar-refractivity contribution >= 4 is 11.9 Å². The molecule has 7 heteroatoms. The summed E-state index contributed by atoms with van der Waals surface area (Å²) < 4.78 is 16.8. The average Bonchev–Trinajstić information content (AvgIpc) is 2.47. The van der Waals surface area contributed by atoms with Gasteiger partial charge in [0.25, 0.3) is 0 Å². The van der Waals surface area contributed by atoms with E-state index in [2.05, 4.69) is 13.2 Å². The van der Waals surface area contributed by atoms with Crippen LogP contribution in [0.15, 0.2) is 24.3 Å².